The van der Waals surface area contributed by atoms with Crippen LogP contribution in [-0.4, -0.2) is 61.6 Å². The minimum Gasteiger partial charge on any atom is -0.490 e. The van der Waals surface area contributed by atoms with Crippen molar-refractivity contribution in [2.75, 3.05) is 39.9 Å². The first-order valence-electron chi connectivity index (χ1n) is 11.7. The van der Waals surface area contributed by atoms with Gasteiger partial charge in [-0.2, -0.15) is 0 Å². The molecule has 0 radical (unpaired) electrons. The van der Waals surface area contributed by atoms with Crippen molar-refractivity contribution in [1.82, 2.24) is 9.80 Å². The Morgan fingerprint density at radius 1 is 1.09 bits per heavy atom. The van der Waals surface area contributed by atoms with Gasteiger partial charge < -0.3 is 19.3 Å². The van der Waals surface area contributed by atoms with Gasteiger partial charge in [-0.1, -0.05) is 42.0 Å². The van der Waals surface area contributed by atoms with Crippen LogP contribution in [0.4, 0.5) is 0 Å². The van der Waals surface area contributed by atoms with E-state index in [0.717, 1.165) is 37.2 Å². The SMILES string of the molecule is CC(=Cc1ccccc1)CN(CCC1CCCN1C)C(=O)c1ccc2c(c1)OCCCO2. The molecular formula is C27H34N2O3. The average Bonchev–Trinajstić information content (AvgIpc) is 3.06. The summed E-state index contributed by atoms with van der Waals surface area (Å²) in [5.74, 6) is 1.43. The first kappa shape index (κ1) is 22.4. The standard InChI is InChI=1S/C27H34N2O3/c1-21(18-22-8-4-3-5-9-22)20-29(15-13-24-10-6-14-28(24)2)27(30)23-11-12-25-26(19-23)32-17-7-16-31-25/h3-5,8-9,11-12,18-19,24H,6-7,10,13-17,20H2,1-2H3. The topological polar surface area (TPSA) is 42.0 Å². The van der Waals surface area contributed by atoms with Crippen LogP contribution in [0.15, 0.2) is 54.1 Å². The van der Waals surface area contributed by atoms with Gasteiger partial charge in [-0.05, 0) is 63.5 Å². The van der Waals surface area contributed by atoms with E-state index in [2.05, 4.69) is 37.1 Å². The summed E-state index contributed by atoms with van der Waals surface area (Å²) in [6, 6.07) is 16.4. The number of fused-ring (bicyclic) bond motifs is 1. The summed E-state index contributed by atoms with van der Waals surface area (Å²) in [4.78, 5) is 18.0. The molecule has 1 fully saturated rings. The van der Waals surface area contributed by atoms with E-state index in [1.807, 2.05) is 41.3 Å². The smallest absolute Gasteiger partial charge is 0.254 e. The third kappa shape index (κ3) is 5.71. The molecule has 1 amide bonds. The van der Waals surface area contributed by atoms with Crippen LogP contribution in [0.2, 0.25) is 0 Å². The highest BCUT2D eigenvalue weighted by molar-refractivity contribution is 5.95. The molecule has 170 valence electrons. The van der Waals surface area contributed by atoms with Crippen molar-refractivity contribution in [3.63, 3.8) is 0 Å². The zero-order chi connectivity index (χ0) is 22.3. The molecular weight excluding hydrogens is 400 g/mol. The molecule has 0 spiro atoms. The minimum atomic E-state index is 0.0436. The number of likely N-dealkylation sites (tertiary alicyclic amines) is 1. The lowest BCUT2D eigenvalue weighted by molar-refractivity contribution is 0.0757. The molecule has 0 aromatic heterocycles. The van der Waals surface area contributed by atoms with Gasteiger partial charge in [0, 0.05) is 31.1 Å². The van der Waals surface area contributed by atoms with Crippen molar-refractivity contribution in [3.05, 3.63) is 65.2 Å². The van der Waals surface area contributed by atoms with Gasteiger partial charge in [0.1, 0.15) is 0 Å². The molecule has 2 aliphatic heterocycles. The van der Waals surface area contributed by atoms with Crippen LogP contribution in [0.1, 0.15) is 48.5 Å². The molecule has 4 rings (SSSR count). The first-order chi connectivity index (χ1) is 15.6. The third-order valence-electron chi connectivity index (χ3n) is 6.34. The molecule has 2 heterocycles. The van der Waals surface area contributed by atoms with Crippen LogP contribution >= 0.6 is 0 Å². The Morgan fingerprint density at radius 3 is 2.62 bits per heavy atom. The van der Waals surface area contributed by atoms with E-state index in [0.29, 0.717) is 37.1 Å². The maximum Gasteiger partial charge on any atom is 0.254 e. The summed E-state index contributed by atoms with van der Waals surface area (Å²) in [5.41, 5.74) is 2.98. The number of ether oxygens (including phenoxy) is 2. The Hall–Kier alpha value is -2.79. The van der Waals surface area contributed by atoms with E-state index in [1.54, 1.807) is 0 Å². The Balaban J connectivity index is 1.52. The van der Waals surface area contributed by atoms with Gasteiger partial charge in [0.2, 0.25) is 0 Å². The Bertz CT molecular complexity index is 941. The van der Waals surface area contributed by atoms with Gasteiger partial charge in [0.15, 0.2) is 11.5 Å². The van der Waals surface area contributed by atoms with E-state index in [9.17, 15) is 4.79 Å². The second-order valence-corrected chi connectivity index (χ2v) is 8.91. The maximum atomic E-state index is 13.6. The van der Waals surface area contributed by atoms with Gasteiger partial charge in [-0.3, -0.25) is 4.79 Å². The zero-order valence-corrected chi connectivity index (χ0v) is 19.3. The number of nitrogens with zero attached hydrogens (tertiary/aromatic N) is 2. The van der Waals surface area contributed by atoms with Gasteiger partial charge >= 0.3 is 0 Å². The molecule has 5 heteroatoms. The van der Waals surface area contributed by atoms with Gasteiger partial charge in [-0.15, -0.1) is 0 Å². The van der Waals surface area contributed by atoms with Crippen LogP contribution in [0, 0.1) is 0 Å². The Labute approximate surface area is 191 Å². The summed E-state index contributed by atoms with van der Waals surface area (Å²) < 4.78 is 11.6. The Kier molecular flexibility index (Phi) is 7.48. The number of benzene rings is 2. The Morgan fingerprint density at radius 2 is 1.88 bits per heavy atom. The fourth-order valence-electron chi connectivity index (χ4n) is 4.56. The maximum absolute atomic E-state index is 13.6. The molecule has 2 aliphatic rings. The molecule has 2 aromatic rings. The molecule has 32 heavy (non-hydrogen) atoms. The zero-order valence-electron chi connectivity index (χ0n) is 19.3. The van der Waals surface area contributed by atoms with Crippen LogP contribution in [0.25, 0.3) is 6.08 Å². The summed E-state index contributed by atoms with van der Waals surface area (Å²) >= 11 is 0. The molecule has 0 saturated carbocycles. The number of hydrogen-bond acceptors (Lipinski definition) is 4. The van der Waals surface area contributed by atoms with E-state index in [1.165, 1.54) is 18.4 Å². The summed E-state index contributed by atoms with van der Waals surface area (Å²) in [6.07, 6.45) is 6.45. The van der Waals surface area contributed by atoms with Crippen molar-refractivity contribution >= 4 is 12.0 Å². The molecule has 2 aromatic carbocycles. The quantitative estimate of drug-likeness (QED) is 0.623. The van der Waals surface area contributed by atoms with Crippen LogP contribution in [0.3, 0.4) is 0 Å². The van der Waals surface area contributed by atoms with E-state index >= 15 is 0 Å². The van der Waals surface area contributed by atoms with Crippen molar-refractivity contribution in [3.8, 4) is 11.5 Å². The molecule has 1 atom stereocenters. The number of carbonyl (C=O) groups is 1. The molecule has 0 bridgehead atoms. The van der Waals surface area contributed by atoms with Gasteiger partial charge in [0.05, 0.1) is 13.2 Å². The second kappa shape index (κ2) is 10.7. The largest absolute Gasteiger partial charge is 0.490 e. The molecule has 1 unspecified atom stereocenters. The van der Waals surface area contributed by atoms with Crippen molar-refractivity contribution in [2.24, 2.45) is 0 Å². The van der Waals surface area contributed by atoms with E-state index in [-0.39, 0.29) is 5.91 Å². The third-order valence-corrected chi connectivity index (χ3v) is 6.34. The van der Waals surface area contributed by atoms with Crippen LogP contribution < -0.4 is 9.47 Å². The van der Waals surface area contributed by atoms with Gasteiger partial charge in [0.25, 0.3) is 5.91 Å². The summed E-state index contributed by atoms with van der Waals surface area (Å²) in [7, 11) is 2.19. The molecule has 0 N–H and O–H groups in total. The fraction of sp³-hybridized carbons (Fsp3) is 0.444. The van der Waals surface area contributed by atoms with Crippen LogP contribution in [0.5, 0.6) is 11.5 Å². The predicted molar refractivity (Wildman–Crippen MR) is 128 cm³/mol. The first-order valence-corrected chi connectivity index (χ1v) is 11.7. The van der Waals surface area contributed by atoms with E-state index in [4.69, 9.17) is 9.47 Å². The summed E-state index contributed by atoms with van der Waals surface area (Å²) in [5, 5.41) is 0. The highest BCUT2D eigenvalue weighted by atomic mass is 16.5. The average molecular weight is 435 g/mol. The van der Waals surface area contributed by atoms with E-state index < -0.39 is 0 Å². The highest BCUT2D eigenvalue weighted by Crippen LogP contribution is 2.31. The minimum absolute atomic E-state index is 0.0436. The van der Waals surface area contributed by atoms with Crippen molar-refractivity contribution in [2.45, 2.75) is 38.6 Å². The number of hydrogen-bond donors (Lipinski definition) is 0. The second-order valence-electron chi connectivity index (χ2n) is 8.91. The highest BCUT2D eigenvalue weighted by Gasteiger charge is 2.24. The molecule has 0 aliphatic carbocycles. The summed E-state index contributed by atoms with van der Waals surface area (Å²) in [6.45, 7) is 5.85. The van der Waals surface area contributed by atoms with Crippen LogP contribution in [-0.2, 0) is 0 Å². The number of carbonyl (C=O) groups excluding carboxylic acids is 1. The normalized spacial score (nSPS) is 18.9. The lowest BCUT2D eigenvalue weighted by Crippen LogP contribution is -2.37. The molecule has 5 nitrogen and oxygen atoms in total. The monoisotopic (exact) mass is 434 g/mol. The lowest BCUT2D eigenvalue weighted by atomic mass is 10.1. The van der Waals surface area contributed by atoms with Crippen molar-refractivity contribution in [1.29, 1.82) is 0 Å². The number of rotatable bonds is 7. The van der Waals surface area contributed by atoms with Gasteiger partial charge in [-0.25, -0.2) is 0 Å². The van der Waals surface area contributed by atoms with Crippen molar-refractivity contribution < 1.29 is 14.3 Å². The molecule has 1 saturated heterocycles. The predicted octanol–water partition coefficient (Wildman–Crippen LogP) is 4.88. The lowest BCUT2D eigenvalue weighted by Gasteiger charge is -2.27. The fourth-order valence-corrected chi connectivity index (χ4v) is 4.56. The number of amides is 1.